The Morgan fingerprint density at radius 3 is 2.04 bits per heavy atom. The van der Waals surface area contributed by atoms with Crippen molar-refractivity contribution < 1.29 is 9.53 Å². The Balaban J connectivity index is 1.85. The minimum Gasteiger partial charge on any atom is -0.462 e. The van der Waals surface area contributed by atoms with E-state index in [1.54, 1.807) is 0 Å². The number of ether oxygens (including phenoxy) is 1. The zero-order chi connectivity index (χ0) is 18.2. The van der Waals surface area contributed by atoms with Crippen LogP contribution in [0.2, 0.25) is 0 Å². The van der Waals surface area contributed by atoms with Crippen molar-refractivity contribution in [2.45, 2.75) is 11.8 Å². The topological polar surface area (TPSA) is 26.3 Å². The van der Waals surface area contributed by atoms with Crippen molar-refractivity contribution in [3.05, 3.63) is 95.4 Å². The van der Waals surface area contributed by atoms with Crippen LogP contribution in [0.25, 0.3) is 17.2 Å². The van der Waals surface area contributed by atoms with Gasteiger partial charge in [-0.25, -0.2) is 4.79 Å². The van der Waals surface area contributed by atoms with Gasteiger partial charge in [0.25, 0.3) is 0 Å². The monoisotopic (exact) mass is 360 g/mol. The number of thioether (sulfide) groups is 1. The molecule has 3 heteroatoms. The van der Waals surface area contributed by atoms with Crippen molar-refractivity contribution in [3.63, 3.8) is 0 Å². The molecule has 0 N–H and O–H groups in total. The Hall–Kier alpha value is -2.78. The molecule has 0 atom stereocenters. The van der Waals surface area contributed by atoms with Gasteiger partial charge in [0, 0.05) is 4.90 Å². The average molecular weight is 360 g/mol. The molecule has 0 bridgehead atoms. The van der Waals surface area contributed by atoms with E-state index in [9.17, 15) is 4.79 Å². The molecule has 0 aliphatic heterocycles. The maximum Gasteiger partial charge on any atom is 0.344 e. The molecule has 0 radical (unpaired) electrons. The van der Waals surface area contributed by atoms with Gasteiger partial charge in [-0.1, -0.05) is 84.6 Å². The molecule has 0 spiro atoms. The first-order chi connectivity index (χ1) is 12.8. The van der Waals surface area contributed by atoms with E-state index in [1.165, 1.54) is 17.3 Å². The molecule has 2 nitrogen and oxygen atoms in total. The molecule has 130 valence electrons. The highest BCUT2D eigenvalue weighted by atomic mass is 32.2. The summed E-state index contributed by atoms with van der Waals surface area (Å²) in [6.45, 7) is 2.18. The summed E-state index contributed by atoms with van der Waals surface area (Å²) in [6.07, 6.45) is 1.88. The van der Waals surface area contributed by atoms with Crippen LogP contribution < -0.4 is 0 Å². The molecule has 3 rings (SSSR count). The Bertz CT molecular complexity index is 869. The number of carbonyl (C=O) groups excluding carboxylic acids is 1. The van der Waals surface area contributed by atoms with E-state index in [4.69, 9.17) is 4.74 Å². The van der Waals surface area contributed by atoms with Gasteiger partial charge in [0.05, 0.1) is 11.5 Å². The van der Waals surface area contributed by atoms with E-state index in [2.05, 4.69) is 24.3 Å². The Morgan fingerprint density at radius 2 is 1.42 bits per heavy atom. The first kappa shape index (κ1) is 18.0. The summed E-state index contributed by atoms with van der Waals surface area (Å²) < 4.78 is 5.21. The first-order valence-corrected chi connectivity index (χ1v) is 9.35. The highest BCUT2D eigenvalue weighted by Gasteiger charge is 2.12. The molecular formula is C23H20O2S. The lowest BCUT2D eigenvalue weighted by atomic mass is 10.0. The fourth-order valence-corrected chi connectivity index (χ4v) is 3.39. The minimum atomic E-state index is -0.298. The molecule has 26 heavy (non-hydrogen) atoms. The molecule has 0 saturated heterocycles. The number of hydrogen-bond acceptors (Lipinski definition) is 3. The van der Waals surface area contributed by atoms with Crippen molar-refractivity contribution in [2.75, 3.05) is 6.61 Å². The van der Waals surface area contributed by atoms with Crippen LogP contribution in [0, 0.1) is 0 Å². The zero-order valence-corrected chi connectivity index (χ0v) is 15.4. The summed E-state index contributed by atoms with van der Waals surface area (Å²) in [5.74, 6) is -0.298. The molecule has 0 aliphatic carbocycles. The molecule has 0 unspecified atom stereocenters. The van der Waals surface area contributed by atoms with Gasteiger partial charge in [0.1, 0.15) is 0 Å². The van der Waals surface area contributed by atoms with E-state index in [1.807, 2.05) is 73.7 Å². The highest BCUT2D eigenvalue weighted by molar-refractivity contribution is 8.04. The van der Waals surface area contributed by atoms with Crippen LogP contribution in [-0.4, -0.2) is 12.6 Å². The van der Waals surface area contributed by atoms with Crippen LogP contribution in [0.4, 0.5) is 0 Å². The minimum absolute atomic E-state index is 0.298. The van der Waals surface area contributed by atoms with Crippen LogP contribution >= 0.6 is 11.8 Å². The number of rotatable bonds is 6. The lowest BCUT2D eigenvalue weighted by Crippen LogP contribution is -2.05. The summed E-state index contributed by atoms with van der Waals surface area (Å²) in [5.41, 5.74) is 3.29. The Labute approximate surface area is 158 Å². The number of benzene rings is 3. The van der Waals surface area contributed by atoms with Gasteiger partial charge < -0.3 is 4.74 Å². The lowest BCUT2D eigenvalue weighted by Gasteiger charge is -2.08. The van der Waals surface area contributed by atoms with E-state index < -0.39 is 0 Å². The maximum atomic E-state index is 12.3. The predicted octanol–water partition coefficient (Wildman–Crippen LogP) is 6.05. The molecule has 3 aromatic rings. The largest absolute Gasteiger partial charge is 0.462 e. The smallest absolute Gasteiger partial charge is 0.344 e. The number of esters is 1. The van der Waals surface area contributed by atoms with Gasteiger partial charge in [-0.3, -0.25) is 0 Å². The normalized spacial score (nSPS) is 11.2. The second kappa shape index (κ2) is 9.07. The molecule has 0 saturated carbocycles. The van der Waals surface area contributed by atoms with Crippen molar-refractivity contribution >= 4 is 23.8 Å². The van der Waals surface area contributed by atoms with Gasteiger partial charge in [-0.15, -0.1) is 0 Å². The summed E-state index contributed by atoms with van der Waals surface area (Å²) in [7, 11) is 0. The first-order valence-electron chi connectivity index (χ1n) is 8.53. The third-order valence-corrected chi connectivity index (χ3v) is 4.78. The Morgan fingerprint density at radius 1 is 0.846 bits per heavy atom. The van der Waals surface area contributed by atoms with Crippen LogP contribution in [0.15, 0.2) is 94.7 Å². The number of carbonyl (C=O) groups is 1. The third kappa shape index (κ3) is 4.87. The quantitative estimate of drug-likeness (QED) is 0.304. The highest BCUT2D eigenvalue weighted by Crippen LogP contribution is 2.29. The third-order valence-electron chi connectivity index (χ3n) is 3.76. The van der Waals surface area contributed by atoms with Gasteiger partial charge in [-0.2, -0.15) is 0 Å². The van der Waals surface area contributed by atoms with Gasteiger partial charge in [-0.05, 0) is 41.8 Å². The summed E-state index contributed by atoms with van der Waals surface area (Å²) in [4.78, 5) is 13.9. The van der Waals surface area contributed by atoms with Crippen LogP contribution in [0.1, 0.15) is 12.5 Å². The molecular weight excluding hydrogens is 340 g/mol. The standard InChI is InChI=1S/C23H20O2S/c1-2-25-23(24)22(26-21-11-7-4-8-12-21)17-18-13-15-20(16-14-18)19-9-5-3-6-10-19/h3-17H,2H2,1H3/b22-17-. The second-order valence-corrected chi connectivity index (χ2v) is 6.75. The van der Waals surface area contributed by atoms with Crippen molar-refractivity contribution in [2.24, 2.45) is 0 Å². The summed E-state index contributed by atoms with van der Waals surface area (Å²) in [5, 5.41) is 0. The van der Waals surface area contributed by atoms with Crippen LogP contribution in [0.3, 0.4) is 0 Å². The fraction of sp³-hybridized carbons (Fsp3) is 0.0870. The molecule has 0 aliphatic rings. The van der Waals surface area contributed by atoms with Crippen LogP contribution in [0.5, 0.6) is 0 Å². The lowest BCUT2D eigenvalue weighted by molar-refractivity contribution is -0.137. The van der Waals surface area contributed by atoms with Crippen molar-refractivity contribution in [1.82, 2.24) is 0 Å². The maximum absolute atomic E-state index is 12.3. The SMILES string of the molecule is CCOC(=O)/C(=C/c1ccc(-c2ccccc2)cc1)Sc1ccccc1. The van der Waals surface area contributed by atoms with Gasteiger partial charge in [0.2, 0.25) is 0 Å². The van der Waals surface area contributed by atoms with Crippen molar-refractivity contribution in [3.8, 4) is 11.1 Å². The predicted molar refractivity (Wildman–Crippen MR) is 109 cm³/mol. The molecule has 0 heterocycles. The summed E-state index contributed by atoms with van der Waals surface area (Å²) >= 11 is 1.42. The second-order valence-electron chi connectivity index (χ2n) is 5.63. The van der Waals surface area contributed by atoms with Gasteiger partial charge in [0.15, 0.2) is 0 Å². The zero-order valence-electron chi connectivity index (χ0n) is 14.6. The summed E-state index contributed by atoms with van der Waals surface area (Å²) in [6, 6.07) is 28.2. The molecule has 0 fully saturated rings. The number of hydrogen-bond donors (Lipinski definition) is 0. The van der Waals surface area contributed by atoms with Gasteiger partial charge >= 0.3 is 5.97 Å². The average Bonchev–Trinajstić information content (AvgIpc) is 2.70. The van der Waals surface area contributed by atoms with Crippen molar-refractivity contribution in [1.29, 1.82) is 0 Å². The van der Waals surface area contributed by atoms with E-state index in [0.29, 0.717) is 11.5 Å². The fourth-order valence-electron chi connectivity index (χ4n) is 2.50. The van der Waals surface area contributed by atoms with Crippen LogP contribution in [-0.2, 0) is 9.53 Å². The van der Waals surface area contributed by atoms with E-state index in [-0.39, 0.29) is 5.97 Å². The van der Waals surface area contributed by atoms with E-state index >= 15 is 0 Å². The Kier molecular flexibility index (Phi) is 6.29. The molecule has 0 aromatic heterocycles. The van der Waals surface area contributed by atoms with E-state index in [0.717, 1.165) is 16.0 Å². The molecule has 0 amide bonds. The molecule has 3 aromatic carbocycles.